The van der Waals surface area contributed by atoms with Crippen molar-refractivity contribution in [1.29, 1.82) is 0 Å². The number of fused-ring (bicyclic) bond motifs is 2. The maximum absolute atomic E-state index is 14.2. The molecule has 4 rings (SSSR count). The van der Waals surface area contributed by atoms with Gasteiger partial charge in [-0.15, -0.1) is 0 Å². The predicted octanol–water partition coefficient (Wildman–Crippen LogP) is 5.84. The molecule has 0 radical (unpaired) electrons. The normalized spacial score (nSPS) is 27.9. The molecule has 0 aromatic heterocycles. The topological polar surface area (TPSA) is 101 Å². The number of hydrogen-bond donors (Lipinski definition) is 1. The van der Waals surface area contributed by atoms with E-state index < -0.39 is 60.0 Å². The van der Waals surface area contributed by atoms with E-state index in [1.165, 1.54) is 37.5 Å². The Balaban J connectivity index is 1.81. The highest BCUT2D eigenvalue weighted by Crippen LogP contribution is 2.37. The Hall–Kier alpha value is -3.83. The number of carbonyl (C=O) groups excluding carboxylic acids is 2. The maximum atomic E-state index is 14.2. The molecule has 2 aromatic rings. The quantitative estimate of drug-likeness (QED) is 0.359. The van der Waals surface area contributed by atoms with Gasteiger partial charge in [0, 0.05) is 6.07 Å². The molecule has 1 saturated heterocycles. The van der Waals surface area contributed by atoms with Crippen LogP contribution < -0.4 is 4.74 Å². The summed E-state index contributed by atoms with van der Waals surface area (Å²) in [5, 5.41) is 10.5. The smallest absolute Gasteiger partial charge is 0.398 e. The Morgan fingerprint density at radius 3 is 2.46 bits per heavy atom. The summed E-state index contributed by atoms with van der Waals surface area (Å²) in [7, 11) is 1.36. The molecular weight excluding hydrogens is 545 g/mol. The molecule has 0 amide bonds. The number of halogens is 3. The summed E-state index contributed by atoms with van der Waals surface area (Å²) < 4.78 is 70.8. The molecule has 220 valence electrons. The maximum Gasteiger partial charge on any atom is 0.398 e. The first-order valence-electron chi connectivity index (χ1n) is 12.9. The average molecular weight is 577 g/mol. The highest BCUT2D eigenvalue weighted by molar-refractivity contribution is 5.97. The molecule has 2 aliphatic rings. The minimum absolute atomic E-state index is 0.160. The number of aromatic hydroxyl groups is 1. The number of alkyl halides is 3. The van der Waals surface area contributed by atoms with Crippen molar-refractivity contribution >= 4 is 18.0 Å². The van der Waals surface area contributed by atoms with E-state index in [9.17, 15) is 27.9 Å². The molecule has 2 heterocycles. The summed E-state index contributed by atoms with van der Waals surface area (Å²) >= 11 is 0. The lowest BCUT2D eigenvalue weighted by Crippen LogP contribution is -2.39. The minimum Gasteiger partial charge on any atom is -0.507 e. The van der Waals surface area contributed by atoms with Gasteiger partial charge in [0.15, 0.2) is 5.79 Å². The van der Waals surface area contributed by atoms with Crippen molar-refractivity contribution in [3.8, 4) is 11.5 Å². The number of ether oxygens (including phenoxy) is 5. The lowest BCUT2D eigenvalue weighted by molar-refractivity contribution is -0.182. The molecule has 11 heteroatoms. The first kappa shape index (κ1) is 30.1. The molecule has 0 bridgehead atoms. The third kappa shape index (κ3) is 7.09. The monoisotopic (exact) mass is 576 g/mol. The molecule has 41 heavy (non-hydrogen) atoms. The van der Waals surface area contributed by atoms with Gasteiger partial charge in [-0.1, -0.05) is 36.4 Å². The van der Waals surface area contributed by atoms with Gasteiger partial charge in [-0.25, -0.2) is 9.59 Å². The van der Waals surface area contributed by atoms with E-state index in [4.69, 9.17) is 23.7 Å². The summed E-state index contributed by atoms with van der Waals surface area (Å²) in [5.41, 5.74) is 0.0537. The lowest BCUT2D eigenvalue weighted by Gasteiger charge is -2.27. The fraction of sp³-hybridized carbons (Fsp3) is 0.400. The standard InChI is InChI=1S/C30H31F3O8/c1-17-21(30(31,32)33)13-14-23(39-27(35)18-9-6-5-7-10-18)26-24(40-29(2,3)41-26)12-8-11-19-15-20(37-4)16-22(34)25(19)28(36)38-17/h5-11,13-17,21,23-24,26,34H,12H2,1-4H3/b11-8+,14-13-/t17?,21?,23?,24-,26?/m0/s1. The van der Waals surface area contributed by atoms with Gasteiger partial charge < -0.3 is 28.8 Å². The van der Waals surface area contributed by atoms with Crippen LogP contribution in [0.5, 0.6) is 11.5 Å². The molecule has 1 fully saturated rings. The van der Waals surface area contributed by atoms with Crippen molar-refractivity contribution in [1.82, 2.24) is 0 Å². The fourth-order valence-electron chi connectivity index (χ4n) is 4.79. The van der Waals surface area contributed by atoms with Crippen molar-refractivity contribution in [2.45, 2.75) is 63.6 Å². The molecule has 0 saturated carbocycles. The SMILES string of the molecule is COc1cc(O)c2c(c1)/C=C/C[C@@H]1OC(C)(C)OC1C(OC(=O)c1ccccc1)/C=C\C(C(F)(F)F)C(C)OC2=O. The zero-order valence-electron chi connectivity index (χ0n) is 22.9. The van der Waals surface area contributed by atoms with Crippen molar-refractivity contribution in [3.05, 3.63) is 77.4 Å². The highest BCUT2D eigenvalue weighted by atomic mass is 19.4. The number of hydrogen-bond acceptors (Lipinski definition) is 8. The molecule has 0 spiro atoms. The van der Waals surface area contributed by atoms with Crippen LogP contribution in [0, 0.1) is 5.92 Å². The molecule has 5 atom stereocenters. The van der Waals surface area contributed by atoms with Crippen LogP contribution in [0.2, 0.25) is 0 Å². The van der Waals surface area contributed by atoms with E-state index in [1.54, 1.807) is 38.1 Å². The third-order valence-corrected chi connectivity index (χ3v) is 6.71. The first-order valence-corrected chi connectivity index (χ1v) is 12.9. The Labute approximate surface area is 235 Å². The zero-order valence-corrected chi connectivity index (χ0v) is 22.9. The second kappa shape index (κ2) is 12.0. The van der Waals surface area contributed by atoms with Gasteiger partial charge >= 0.3 is 18.1 Å². The van der Waals surface area contributed by atoms with Gasteiger partial charge in [0.05, 0.1) is 18.8 Å². The van der Waals surface area contributed by atoms with Crippen LogP contribution in [0.15, 0.2) is 60.7 Å². The van der Waals surface area contributed by atoms with Crippen LogP contribution >= 0.6 is 0 Å². The number of cyclic esters (lactones) is 1. The van der Waals surface area contributed by atoms with Gasteiger partial charge in [0.2, 0.25) is 0 Å². The van der Waals surface area contributed by atoms with Gasteiger partial charge in [-0.3, -0.25) is 0 Å². The fourth-order valence-corrected chi connectivity index (χ4v) is 4.79. The Kier molecular flexibility index (Phi) is 8.79. The van der Waals surface area contributed by atoms with E-state index in [0.717, 1.165) is 19.1 Å². The second-order valence-electron chi connectivity index (χ2n) is 10.2. The molecule has 0 aliphatic carbocycles. The molecule has 2 aromatic carbocycles. The molecule has 4 unspecified atom stereocenters. The Morgan fingerprint density at radius 1 is 1.10 bits per heavy atom. The third-order valence-electron chi connectivity index (χ3n) is 6.71. The van der Waals surface area contributed by atoms with Crippen molar-refractivity contribution in [2.24, 2.45) is 5.92 Å². The van der Waals surface area contributed by atoms with Crippen molar-refractivity contribution in [3.63, 3.8) is 0 Å². The van der Waals surface area contributed by atoms with Gasteiger partial charge in [0.25, 0.3) is 0 Å². The number of methoxy groups -OCH3 is 1. The van der Waals surface area contributed by atoms with Gasteiger partial charge in [-0.2, -0.15) is 13.2 Å². The first-order chi connectivity index (χ1) is 19.3. The van der Waals surface area contributed by atoms with Crippen LogP contribution in [-0.4, -0.2) is 60.5 Å². The number of rotatable bonds is 3. The number of esters is 2. The van der Waals surface area contributed by atoms with Crippen LogP contribution in [0.25, 0.3) is 6.08 Å². The number of benzene rings is 2. The second-order valence-corrected chi connectivity index (χ2v) is 10.2. The Morgan fingerprint density at radius 2 is 1.80 bits per heavy atom. The summed E-state index contributed by atoms with van der Waals surface area (Å²) in [6.45, 7) is 4.38. The summed E-state index contributed by atoms with van der Waals surface area (Å²) in [5.74, 6) is -5.62. The van der Waals surface area contributed by atoms with Crippen molar-refractivity contribution in [2.75, 3.05) is 7.11 Å². The predicted molar refractivity (Wildman–Crippen MR) is 141 cm³/mol. The van der Waals surface area contributed by atoms with E-state index in [1.807, 2.05) is 0 Å². The van der Waals surface area contributed by atoms with E-state index in [0.29, 0.717) is 0 Å². The number of phenolic OH excluding ortho intramolecular Hbond substituents is 1. The zero-order chi connectivity index (χ0) is 29.9. The Bertz CT molecular complexity index is 1320. The van der Waals surface area contributed by atoms with Gasteiger partial charge in [-0.05, 0) is 57.0 Å². The van der Waals surface area contributed by atoms with E-state index >= 15 is 0 Å². The van der Waals surface area contributed by atoms with Crippen LogP contribution in [0.3, 0.4) is 0 Å². The molecular formula is C30H31F3O8. The van der Waals surface area contributed by atoms with E-state index in [-0.39, 0.29) is 28.9 Å². The largest absolute Gasteiger partial charge is 0.507 e. The number of carbonyl (C=O) groups is 2. The molecule has 8 nitrogen and oxygen atoms in total. The molecule has 1 N–H and O–H groups in total. The van der Waals surface area contributed by atoms with Crippen LogP contribution in [-0.2, 0) is 18.9 Å². The van der Waals surface area contributed by atoms with Crippen molar-refractivity contribution < 1.29 is 51.6 Å². The lowest BCUT2D eigenvalue weighted by atomic mass is 9.97. The highest BCUT2D eigenvalue weighted by Gasteiger charge is 2.47. The summed E-state index contributed by atoms with van der Waals surface area (Å²) in [6.07, 6.45) is -4.35. The van der Waals surface area contributed by atoms with Gasteiger partial charge in [0.1, 0.15) is 41.3 Å². The minimum atomic E-state index is -4.84. The van der Waals surface area contributed by atoms with Crippen LogP contribution in [0.4, 0.5) is 13.2 Å². The average Bonchev–Trinajstić information content (AvgIpc) is 3.20. The summed E-state index contributed by atoms with van der Waals surface area (Å²) in [6, 6.07) is 10.6. The van der Waals surface area contributed by atoms with E-state index in [2.05, 4.69) is 0 Å². The number of phenols is 1. The summed E-state index contributed by atoms with van der Waals surface area (Å²) in [4.78, 5) is 26.0. The van der Waals surface area contributed by atoms with Crippen LogP contribution in [0.1, 0.15) is 53.5 Å². The molecule has 2 aliphatic heterocycles.